The van der Waals surface area contributed by atoms with Crippen molar-refractivity contribution >= 4 is 0 Å². The molecule has 1 rings (SSSR count). The second-order valence-corrected chi connectivity index (χ2v) is 3.09. The molecule has 0 amide bonds. The van der Waals surface area contributed by atoms with Gasteiger partial charge in [-0.25, -0.2) is 0 Å². The van der Waals surface area contributed by atoms with Crippen LogP contribution < -0.4 is 5.32 Å². The third-order valence-corrected chi connectivity index (χ3v) is 1.58. The number of nitrogens with one attached hydrogen (secondary N) is 1. The quantitative estimate of drug-likeness (QED) is 0.506. The molecule has 1 saturated heterocycles. The second kappa shape index (κ2) is 2.49. The van der Waals surface area contributed by atoms with Crippen molar-refractivity contribution in [3.05, 3.63) is 0 Å². The Bertz CT molecular complexity index is 58.8. The van der Waals surface area contributed by atoms with Crippen molar-refractivity contribution in [2.75, 3.05) is 13.1 Å². The zero-order valence-corrected chi connectivity index (χ0v) is 5.12. The summed E-state index contributed by atoms with van der Waals surface area (Å²) in [5.41, 5.74) is 0.583. The van der Waals surface area contributed by atoms with Gasteiger partial charge in [-0.05, 0) is 18.4 Å². The third kappa shape index (κ3) is 1.83. The average Bonchev–Trinajstić information content (AvgIpc) is 1.84. The largest absolute Gasteiger partial charge is 0.316 e. The molecule has 0 radical (unpaired) electrons. The number of hydrogen-bond donors (Lipinski definition) is 1. The van der Waals surface area contributed by atoms with E-state index in [4.69, 9.17) is 0 Å². The first-order valence-electron chi connectivity index (χ1n) is 2.91. The van der Waals surface area contributed by atoms with E-state index in [0.717, 1.165) is 0 Å². The molecule has 0 bridgehead atoms. The van der Waals surface area contributed by atoms with E-state index in [1.807, 2.05) is 0 Å². The van der Waals surface area contributed by atoms with Crippen LogP contribution in [0.1, 0.15) is 27.7 Å². The highest BCUT2D eigenvalue weighted by molar-refractivity contribution is 4.78. The van der Waals surface area contributed by atoms with Gasteiger partial charge in [0.05, 0.1) is 0 Å². The average molecular weight is 115 g/mol. The minimum atomic E-state index is 0. The lowest BCUT2D eigenvalue weighted by atomic mass is 9.93. The Morgan fingerprint density at radius 2 is 2.00 bits per heavy atom. The Balaban J connectivity index is 0.000000490. The molecule has 1 heterocycles. The lowest BCUT2D eigenvalue weighted by molar-refractivity contribution is 0.413. The zero-order chi connectivity index (χ0) is 5.33. The molecule has 1 aliphatic rings. The molecule has 8 heavy (non-hydrogen) atoms. The molecule has 1 heteroatoms. The number of rotatable bonds is 0. The summed E-state index contributed by atoms with van der Waals surface area (Å²) in [7, 11) is 0. The molecule has 0 aromatic rings. The van der Waals surface area contributed by atoms with E-state index in [-0.39, 0.29) is 7.43 Å². The van der Waals surface area contributed by atoms with Crippen molar-refractivity contribution in [2.45, 2.75) is 27.7 Å². The molecule has 1 fully saturated rings. The summed E-state index contributed by atoms with van der Waals surface area (Å²) in [6.07, 6.45) is 1.34. The van der Waals surface area contributed by atoms with Crippen LogP contribution in [0.3, 0.4) is 0 Å². The summed E-state index contributed by atoms with van der Waals surface area (Å²) in [4.78, 5) is 0. The standard InChI is InChI=1S/C6H13N.CH4/c1-6(2)3-4-7-5-6;/h7H,3-5H2,1-2H3;1H4. The van der Waals surface area contributed by atoms with E-state index in [1.165, 1.54) is 19.5 Å². The van der Waals surface area contributed by atoms with Crippen molar-refractivity contribution in [3.8, 4) is 0 Å². The lowest BCUT2D eigenvalue weighted by Crippen LogP contribution is -2.15. The fourth-order valence-electron chi connectivity index (χ4n) is 0.942. The molecule has 1 N–H and O–H groups in total. The normalized spacial score (nSPS) is 24.8. The van der Waals surface area contributed by atoms with Crippen molar-refractivity contribution in [2.24, 2.45) is 5.41 Å². The summed E-state index contributed by atoms with van der Waals surface area (Å²) in [6, 6.07) is 0. The van der Waals surface area contributed by atoms with Gasteiger partial charge in [0.15, 0.2) is 0 Å². The molecular formula is C7H17N. The highest BCUT2D eigenvalue weighted by Crippen LogP contribution is 2.21. The fraction of sp³-hybridized carbons (Fsp3) is 1.00. The molecule has 0 aromatic heterocycles. The van der Waals surface area contributed by atoms with Gasteiger partial charge >= 0.3 is 0 Å². The minimum absolute atomic E-state index is 0. The van der Waals surface area contributed by atoms with Gasteiger partial charge in [0, 0.05) is 6.54 Å². The van der Waals surface area contributed by atoms with Crippen LogP contribution in [0.25, 0.3) is 0 Å². The predicted octanol–water partition coefficient (Wildman–Crippen LogP) is 1.64. The van der Waals surface area contributed by atoms with Crippen molar-refractivity contribution in [1.29, 1.82) is 0 Å². The van der Waals surface area contributed by atoms with E-state index in [2.05, 4.69) is 19.2 Å². The second-order valence-electron chi connectivity index (χ2n) is 3.09. The highest BCUT2D eigenvalue weighted by atomic mass is 14.9. The van der Waals surface area contributed by atoms with E-state index in [1.54, 1.807) is 0 Å². The number of hydrogen-bond acceptors (Lipinski definition) is 1. The molecular weight excluding hydrogens is 98.1 g/mol. The molecule has 1 nitrogen and oxygen atoms in total. The minimum Gasteiger partial charge on any atom is -0.316 e. The fourth-order valence-corrected chi connectivity index (χ4v) is 0.942. The molecule has 50 valence electrons. The monoisotopic (exact) mass is 115 g/mol. The van der Waals surface area contributed by atoms with Gasteiger partial charge in [-0.1, -0.05) is 21.3 Å². The summed E-state index contributed by atoms with van der Waals surface area (Å²) in [6.45, 7) is 7.01. The van der Waals surface area contributed by atoms with Gasteiger partial charge in [0.2, 0.25) is 0 Å². The van der Waals surface area contributed by atoms with Gasteiger partial charge in [-0.3, -0.25) is 0 Å². The maximum absolute atomic E-state index is 3.31. The van der Waals surface area contributed by atoms with E-state index in [9.17, 15) is 0 Å². The third-order valence-electron chi connectivity index (χ3n) is 1.58. The lowest BCUT2D eigenvalue weighted by Gasteiger charge is -2.12. The molecule has 0 atom stereocenters. The zero-order valence-electron chi connectivity index (χ0n) is 5.12. The Labute approximate surface area is 52.5 Å². The van der Waals surface area contributed by atoms with Crippen LogP contribution in [0.2, 0.25) is 0 Å². The van der Waals surface area contributed by atoms with Crippen LogP contribution in [-0.2, 0) is 0 Å². The topological polar surface area (TPSA) is 12.0 Å². The smallest absolute Gasteiger partial charge is 0.000300 e. The van der Waals surface area contributed by atoms with Crippen LogP contribution in [-0.4, -0.2) is 13.1 Å². The first kappa shape index (κ1) is 7.96. The summed E-state index contributed by atoms with van der Waals surface area (Å²) >= 11 is 0. The SMILES string of the molecule is C.CC1(C)CCNC1. The first-order valence-corrected chi connectivity index (χ1v) is 2.91. The highest BCUT2D eigenvalue weighted by Gasteiger charge is 2.21. The summed E-state index contributed by atoms with van der Waals surface area (Å²) < 4.78 is 0. The van der Waals surface area contributed by atoms with Gasteiger partial charge in [0.25, 0.3) is 0 Å². The summed E-state index contributed by atoms with van der Waals surface area (Å²) in [5, 5.41) is 3.31. The molecule has 0 saturated carbocycles. The predicted molar refractivity (Wildman–Crippen MR) is 38.0 cm³/mol. The maximum atomic E-state index is 3.31. The first-order chi connectivity index (χ1) is 3.21. The van der Waals surface area contributed by atoms with Crippen LogP contribution in [0, 0.1) is 5.41 Å². The van der Waals surface area contributed by atoms with Gasteiger partial charge in [-0.2, -0.15) is 0 Å². The van der Waals surface area contributed by atoms with Crippen molar-refractivity contribution < 1.29 is 0 Å². The van der Waals surface area contributed by atoms with Crippen LogP contribution in [0.5, 0.6) is 0 Å². The van der Waals surface area contributed by atoms with E-state index < -0.39 is 0 Å². The molecule has 0 aromatic carbocycles. The molecule has 0 aliphatic carbocycles. The van der Waals surface area contributed by atoms with E-state index >= 15 is 0 Å². The molecule has 0 unspecified atom stereocenters. The Hall–Kier alpha value is -0.0400. The van der Waals surface area contributed by atoms with Crippen molar-refractivity contribution in [3.63, 3.8) is 0 Å². The Morgan fingerprint density at radius 1 is 1.38 bits per heavy atom. The van der Waals surface area contributed by atoms with Crippen LogP contribution in [0.15, 0.2) is 0 Å². The van der Waals surface area contributed by atoms with Crippen LogP contribution in [0.4, 0.5) is 0 Å². The van der Waals surface area contributed by atoms with Crippen molar-refractivity contribution in [1.82, 2.24) is 5.32 Å². The van der Waals surface area contributed by atoms with Gasteiger partial charge in [0.1, 0.15) is 0 Å². The van der Waals surface area contributed by atoms with Gasteiger partial charge in [-0.15, -0.1) is 0 Å². The summed E-state index contributed by atoms with van der Waals surface area (Å²) in [5.74, 6) is 0. The Morgan fingerprint density at radius 3 is 2.12 bits per heavy atom. The van der Waals surface area contributed by atoms with Gasteiger partial charge < -0.3 is 5.32 Å². The van der Waals surface area contributed by atoms with E-state index in [0.29, 0.717) is 5.41 Å². The maximum Gasteiger partial charge on any atom is 0.000300 e. The Kier molecular flexibility index (Phi) is 2.48. The molecule has 0 spiro atoms. The molecule has 1 aliphatic heterocycles. The van der Waals surface area contributed by atoms with Crippen LogP contribution >= 0.6 is 0 Å².